The van der Waals surface area contributed by atoms with Crippen LogP contribution in [0.4, 0.5) is 0 Å². The zero-order valence-corrected chi connectivity index (χ0v) is 7.42. The summed E-state index contributed by atoms with van der Waals surface area (Å²) in [6.45, 7) is 2.92. The van der Waals surface area contributed by atoms with Crippen LogP contribution in [0.25, 0.3) is 0 Å². The van der Waals surface area contributed by atoms with Crippen molar-refractivity contribution >= 4 is 0 Å². The second-order valence-corrected chi connectivity index (χ2v) is 3.43. The highest BCUT2D eigenvalue weighted by Crippen LogP contribution is 2.08. The number of rotatable bonds is 3. The van der Waals surface area contributed by atoms with Gasteiger partial charge in [-0.2, -0.15) is 0 Å². The number of likely N-dealkylation sites (tertiary alicyclic amines) is 1. The van der Waals surface area contributed by atoms with E-state index in [1.165, 1.54) is 12.8 Å². The van der Waals surface area contributed by atoms with E-state index < -0.39 is 6.23 Å². The normalized spacial score (nSPS) is 22.9. The zero-order valence-electron chi connectivity index (χ0n) is 7.42. The molecular weight excluding hydrogens is 140 g/mol. The van der Waals surface area contributed by atoms with Crippen LogP contribution < -0.4 is 0 Å². The van der Waals surface area contributed by atoms with E-state index in [1.54, 1.807) is 4.90 Å². The Kier molecular flexibility index (Phi) is 3.30. The average Bonchev–Trinajstić information content (AvgIpc) is 2.39. The van der Waals surface area contributed by atoms with E-state index in [0.717, 1.165) is 13.1 Å². The fraction of sp³-hybridized carbons (Fsp3) is 1.00. The van der Waals surface area contributed by atoms with Crippen molar-refractivity contribution in [1.29, 1.82) is 0 Å². The molecule has 1 radical (unpaired) electrons. The molecule has 0 aromatic heterocycles. The Bertz CT molecular complexity index is 111. The highest BCUT2D eigenvalue weighted by Gasteiger charge is 2.17. The Morgan fingerprint density at radius 2 is 1.91 bits per heavy atom. The van der Waals surface area contributed by atoms with Crippen molar-refractivity contribution in [2.24, 2.45) is 0 Å². The van der Waals surface area contributed by atoms with Crippen molar-refractivity contribution in [3.8, 4) is 0 Å². The lowest BCUT2D eigenvalue weighted by atomic mass is 10.4. The molecule has 0 N–H and O–H groups in total. The number of nitrogens with zero attached hydrogens (tertiary/aromatic N) is 2. The van der Waals surface area contributed by atoms with Crippen LogP contribution in [0.15, 0.2) is 0 Å². The van der Waals surface area contributed by atoms with E-state index in [2.05, 4.69) is 4.90 Å². The zero-order chi connectivity index (χ0) is 8.27. The van der Waals surface area contributed by atoms with Crippen LogP contribution in [-0.4, -0.2) is 49.8 Å². The molecule has 0 amide bonds. The molecule has 1 rings (SSSR count). The van der Waals surface area contributed by atoms with Gasteiger partial charge in [0.1, 0.15) is 0 Å². The van der Waals surface area contributed by atoms with Gasteiger partial charge in [-0.1, -0.05) is 0 Å². The van der Waals surface area contributed by atoms with Crippen molar-refractivity contribution in [2.45, 2.75) is 19.1 Å². The third-order valence-corrected chi connectivity index (χ3v) is 2.19. The molecule has 0 aromatic carbocycles. The summed E-state index contributed by atoms with van der Waals surface area (Å²) in [5, 5.41) is 11.3. The predicted octanol–water partition coefficient (Wildman–Crippen LogP) is 0.400. The maximum absolute atomic E-state index is 11.3. The van der Waals surface area contributed by atoms with Crippen molar-refractivity contribution in [3.63, 3.8) is 0 Å². The summed E-state index contributed by atoms with van der Waals surface area (Å²) in [4.78, 5) is 3.98. The molecule has 0 saturated carbocycles. The lowest BCUT2D eigenvalue weighted by Gasteiger charge is -2.22. The van der Waals surface area contributed by atoms with E-state index in [-0.39, 0.29) is 0 Å². The molecule has 65 valence electrons. The Balaban J connectivity index is 2.18. The number of hydrogen-bond donors (Lipinski definition) is 0. The van der Waals surface area contributed by atoms with Gasteiger partial charge >= 0.3 is 0 Å². The fourth-order valence-electron chi connectivity index (χ4n) is 1.35. The van der Waals surface area contributed by atoms with Gasteiger partial charge in [-0.05, 0) is 40.0 Å². The predicted molar refractivity (Wildman–Crippen MR) is 43.8 cm³/mol. The van der Waals surface area contributed by atoms with Crippen molar-refractivity contribution < 1.29 is 5.11 Å². The summed E-state index contributed by atoms with van der Waals surface area (Å²) in [6.07, 6.45) is 1.98. The third kappa shape index (κ3) is 2.77. The van der Waals surface area contributed by atoms with Gasteiger partial charge in [0.25, 0.3) is 0 Å². The van der Waals surface area contributed by atoms with Crippen molar-refractivity contribution in [1.82, 2.24) is 9.80 Å². The molecule has 0 aliphatic carbocycles. The van der Waals surface area contributed by atoms with Gasteiger partial charge in [0.05, 0.1) is 0 Å². The first-order chi connectivity index (χ1) is 5.20. The standard InChI is InChI=1S/C8H17N2O/c1-9(2)8(11)7-10-5-3-4-6-10/h8H,3-7H2,1-2H3. The first-order valence-electron chi connectivity index (χ1n) is 4.25. The van der Waals surface area contributed by atoms with Crippen LogP contribution in [0.3, 0.4) is 0 Å². The molecule has 1 aliphatic heterocycles. The molecule has 11 heavy (non-hydrogen) atoms. The summed E-state index contributed by atoms with van der Waals surface area (Å²) >= 11 is 0. The Hall–Kier alpha value is -0.120. The monoisotopic (exact) mass is 157 g/mol. The molecule has 3 nitrogen and oxygen atoms in total. The van der Waals surface area contributed by atoms with Crippen molar-refractivity contribution in [2.75, 3.05) is 33.7 Å². The van der Waals surface area contributed by atoms with E-state index in [1.807, 2.05) is 14.1 Å². The molecule has 0 spiro atoms. The largest absolute Gasteiger partial charge is 0.299 e. The van der Waals surface area contributed by atoms with Crippen molar-refractivity contribution in [3.05, 3.63) is 0 Å². The molecule has 1 aliphatic rings. The summed E-state index contributed by atoms with van der Waals surface area (Å²) in [5.41, 5.74) is 0. The minimum Gasteiger partial charge on any atom is -0.299 e. The first-order valence-corrected chi connectivity index (χ1v) is 4.25. The third-order valence-electron chi connectivity index (χ3n) is 2.19. The van der Waals surface area contributed by atoms with Gasteiger partial charge in [-0.3, -0.25) is 9.80 Å². The topological polar surface area (TPSA) is 26.4 Å². The SMILES string of the molecule is CN(C)C([O])CN1CCCC1. The van der Waals surface area contributed by atoms with E-state index >= 15 is 0 Å². The summed E-state index contributed by atoms with van der Waals surface area (Å²) in [7, 11) is 3.68. The molecule has 1 saturated heterocycles. The van der Waals surface area contributed by atoms with Gasteiger partial charge in [-0.25, -0.2) is 5.11 Å². The minimum absolute atomic E-state index is 0.548. The van der Waals surface area contributed by atoms with Crippen LogP contribution in [0.5, 0.6) is 0 Å². The maximum atomic E-state index is 11.3. The van der Waals surface area contributed by atoms with E-state index in [0.29, 0.717) is 6.54 Å². The summed E-state index contributed by atoms with van der Waals surface area (Å²) in [5.74, 6) is 0. The van der Waals surface area contributed by atoms with Gasteiger partial charge in [0.15, 0.2) is 6.23 Å². The highest BCUT2D eigenvalue weighted by molar-refractivity contribution is 4.68. The highest BCUT2D eigenvalue weighted by atomic mass is 16.3. The smallest absolute Gasteiger partial charge is 0.158 e. The molecular formula is C8H17N2O. The van der Waals surface area contributed by atoms with Crippen LogP contribution >= 0.6 is 0 Å². The lowest BCUT2D eigenvalue weighted by molar-refractivity contribution is -0.0392. The van der Waals surface area contributed by atoms with Gasteiger partial charge in [-0.15, -0.1) is 0 Å². The molecule has 1 fully saturated rings. The molecule has 0 bridgehead atoms. The summed E-state index contributed by atoms with van der Waals surface area (Å²) in [6, 6.07) is 0. The van der Waals surface area contributed by atoms with Crippen LogP contribution in [0.1, 0.15) is 12.8 Å². The first kappa shape index (κ1) is 8.97. The van der Waals surface area contributed by atoms with Gasteiger partial charge < -0.3 is 0 Å². The Morgan fingerprint density at radius 1 is 1.36 bits per heavy atom. The van der Waals surface area contributed by atoms with Crippen LogP contribution in [0.2, 0.25) is 0 Å². The van der Waals surface area contributed by atoms with Gasteiger partial charge in [0.2, 0.25) is 0 Å². The van der Waals surface area contributed by atoms with E-state index in [9.17, 15) is 5.11 Å². The summed E-state index contributed by atoms with van der Waals surface area (Å²) < 4.78 is 0. The fourth-order valence-corrected chi connectivity index (χ4v) is 1.35. The lowest BCUT2D eigenvalue weighted by Crippen LogP contribution is -2.38. The minimum atomic E-state index is -0.548. The molecule has 1 unspecified atom stereocenters. The second-order valence-electron chi connectivity index (χ2n) is 3.43. The maximum Gasteiger partial charge on any atom is 0.158 e. The number of likely N-dealkylation sites (N-methyl/N-ethyl adjacent to an activating group) is 1. The van der Waals surface area contributed by atoms with Gasteiger partial charge in [0, 0.05) is 6.54 Å². The number of hydrogen-bond acceptors (Lipinski definition) is 2. The molecule has 0 aromatic rings. The second kappa shape index (κ2) is 4.04. The van der Waals surface area contributed by atoms with Crippen LogP contribution in [-0.2, 0) is 5.11 Å². The quantitative estimate of drug-likeness (QED) is 0.554. The average molecular weight is 157 g/mol. The van der Waals surface area contributed by atoms with E-state index in [4.69, 9.17) is 0 Å². The Morgan fingerprint density at radius 3 is 2.36 bits per heavy atom. The molecule has 1 atom stereocenters. The Labute approximate surface area is 68.6 Å². The van der Waals surface area contributed by atoms with Crippen LogP contribution in [0, 0.1) is 0 Å². The molecule has 1 heterocycles. The molecule has 3 heteroatoms.